The molecule has 2 aromatic rings. The molecule has 0 saturated carbocycles. The Morgan fingerprint density at radius 2 is 2.38 bits per heavy atom. The molecule has 0 bridgehead atoms. The number of piperidine rings is 1. The van der Waals surface area contributed by atoms with E-state index in [1.165, 1.54) is 19.4 Å². The second-order valence-corrected chi connectivity index (χ2v) is 5.99. The molecular formula is C17H22N4O3. The van der Waals surface area contributed by atoms with E-state index in [4.69, 9.17) is 9.15 Å². The van der Waals surface area contributed by atoms with Crippen LogP contribution >= 0.6 is 0 Å². The molecule has 0 spiro atoms. The molecule has 1 aliphatic rings. The van der Waals surface area contributed by atoms with E-state index in [1.807, 2.05) is 6.07 Å². The lowest BCUT2D eigenvalue weighted by Gasteiger charge is -2.37. The fourth-order valence-electron chi connectivity index (χ4n) is 3.06. The van der Waals surface area contributed by atoms with Gasteiger partial charge in [-0.05, 0) is 25.5 Å². The molecule has 1 atom stereocenters. The summed E-state index contributed by atoms with van der Waals surface area (Å²) >= 11 is 0. The molecule has 7 heteroatoms. The highest BCUT2D eigenvalue weighted by Gasteiger charge is 2.24. The molecule has 1 unspecified atom stereocenters. The second kappa shape index (κ2) is 7.44. The summed E-state index contributed by atoms with van der Waals surface area (Å²) in [6.07, 6.45) is 6.92. The quantitative estimate of drug-likeness (QED) is 0.823. The van der Waals surface area contributed by atoms with Crippen LogP contribution in [-0.4, -0.2) is 48.2 Å². The van der Waals surface area contributed by atoms with Gasteiger partial charge in [0.1, 0.15) is 24.2 Å². The molecule has 0 aliphatic carbocycles. The van der Waals surface area contributed by atoms with Crippen LogP contribution in [0.25, 0.3) is 0 Å². The third-order valence-electron chi connectivity index (χ3n) is 4.41. The summed E-state index contributed by atoms with van der Waals surface area (Å²) in [5.74, 6) is 1.82. The highest BCUT2D eigenvalue weighted by molar-refractivity contribution is 5.37. The van der Waals surface area contributed by atoms with Gasteiger partial charge in [-0.15, -0.1) is 0 Å². The molecule has 1 fully saturated rings. The van der Waals surface area contributed by atoms with Crippen LogP contribution in [0.3, 0.4) is 0 Å². The molecule has 1 aliphatic heterocycles. The highest BCUT2D eigenvalue weighted by atomic mass is 16.5. The molecule has 3 heterocycles. The fraction of sp³-hybridized carbons (Fsp3) is 0.471. The van der Waals surface area contributed by atoms with Crippen LogP contribution in [0, 0.1) is 0 Å². The number of nitrogens with zero attached hydrogens (tertiary/aromatic N) is 4. The molecule has 0 aromatic carbocycles. The molecule has 0 N–H and O–H groups in total. The second-order valence-electron chi connectivity index (χ2n) is 5.99. The minimum atomic E-state index is -0.148. The van der Waals surface area contributed by atoms with Gasteiger partial charge in [-0.2, -0.15) is 0 Å². The minimum Gasteiger partial charge on any atom is -0.490 e. The number of hydrogen-bond acceptors (Lipinski definition) is 7. The summed E-state index contributed by atoms with van der Waals surface area (Å²) in [5, 5.41) is 0. The van der Waals surface area contributed by atoms with Crippen molar-refractivity contribution in [3.05, 3.63) is 46.9 Å². The number of likely N-dealkylation sites (N-methyl/N-ethyl adjacent to an activating group) is 1. The van der Waals surface area contributed by atoms with E-state index in [-0.39, 0.29) is 11.2 Å². The van der Waals surface area contributed by atoms with Crippen LogP contribution in [0.1, 0.15) is 18.6 Å². The van der Waals surface area contributed by atoms with Gasteiger partial charge in [0.15, 0.2) is 0 Å². The Hall–Kier alpha value is -2.41. The van der Waals surface area contributed by atoms with Crippen molar-refractivity contribution in [1.82, 2.24) is 14.9 Å². The van der Waals surface area contributed by atoms with E-state index in [1.54, 1.807) is 12.5 Å². The number of hydrogen-bond donors (Lipinski definition) is 0. The van der Waals surface area contributed by atoms with Crippen LogP contribution in [-0.2, 0) is 6.54 Å². The topological polar surface area (TPSA) is 71.7 Å². The standard InChI is InChI=1S/C17H22N4O3/c1-20(17-5-6-18-12-19-17)13-4-3-7-21(9-13)10-14-8-15(22)16(23-2)11-24-14/h5-6,8,11-13H,3-4,7,9-10H2,1-2H3. The first-order valence-corrected chi connectivity index (χ1v) is 8.04. The lowest BCUT2D eigenvalue weighted by molar-refractivity contribution is 0.183. The molecule has 24 heavy (non-hydrogen) atoms. The first-order valence-electron chi connectivity index (χ1n) is 8.04. The van der Waals surface area contributed by atoms with Crippen molar-refractivity contribution in [2.75, 3.05) is 32.1 Å². The van der Waals surface area contributed by atoms with Gasteiger partial charge in [-0.25, -0.2) is 9.97 Å². The van der Waals surface area contributed by atoms with Crippen molar-refractivity contribution < 1.29 is 9.15 Å². The summed E-state index contributed by atoms with van der Waals surface area (Å²) in [6.45, 7) is 2.51. The van der Waals surface area contributed by atoms with E-state index in [9.17, 15) is 4.79 Å². The predicted octanol–water partition coefficient (Wildman–Crippen LogP) is 1.54. The molecule has 0 amide bonds. The minimum absolute atomic E-state index is 0.148. The van der Waals surface area contributed by atoms with Crippen molar-refractivity contribution in [2.24, 2.45) is 0 Å². The average molecular weight is 330 g/mol. The first kappa shape index (κ1) is 16.4. The van der Waals surface area contributed by atoms with Crippen LogP contribution in [0.4, 0.5) is 5.82 Å². The Balaban J connectivity index is 1.65. The summed E-state index contributed by atoms with van der Waals surface area (Å²) in [7, 11) is 3.52. The number of rotatable bonds is 5. The number of aromatic nitrogens is 2. The van der Waals surface area contributed by atoms with Gasteiger partial charge in [0.2, 0.25) is 11.2 Å². The van der Waals surface area contributed by atoms with E-state index in [0.717, 1.165) is 31.7 Å². The first-order chi connectivity index (χ1) is 11.7. The highest BCUT2D eigenvalue weighted by Crippen LogP contribution is 2.20. The molecule has 2 aromatic heterocycles. The Morgan fingerprint density at radius 1 is 1.50 bits per heavy atom. The van der Waals surface area contributed by atoms with Crippen LogP contribution in [0.2, 0.25) is 0 Å². The fourth-order valence-corrected chi connectivity index (χ4v) is 3.06. The van der Waals surface area contributed by atoms with Crippen LogP contribution < -0.4 is 15.1 Å². The van der Waals surface area contributed by atoms with E-state index >= 15 is 0 Å². The van der Waals surface area contributed by atoms with Gasteiger partial charge in [-0.1, -0.05) is 0 Å². The zero-order valence-corrected chi connectivity index (χ0v) is 14.0. The van der Waals surface area contributed by atoms with Crippen molar-refractivity contribution in [1.29, 1.82) is 0 Å². The summed E-state index contributed by atoms with van der Waals surface area (Å²) in [5.41, 5.74) is -0.148. The van der Waals surface area contributed by atoms with Crippen LogP contribution in [0.5, 0.6) is 5.75 Å². The van der Waals surface area contributed by atoms with Gasteiger partial charge in [0.25, 0.3) is 0 Å². The maximum atomic E-state index is 11.8. The van der Waals surface area contributed by atoms with E-state index < -0.39 is 0 Å². The van der Waals surface area contributed by atoms with Crippen molar-refractivity contribution in [3.8, 4) is 5.75 Å². The molecular weight excluding hydrogens is 308 g/mol. The number of anilines is 1. The predicted molar refractivity (Wildman–Crippen MR) is 90.3 cm³/mol. The maximum Gasteiger partial charge on any atom is 0.227 e. The van der Waals surface area contributed by atoms with E-state index in [2.05, 4.69) is 26.8 Å². The van der Waals surface area contributed by atoms with Gasteiger partial charge >= 0.3 is 0 Å². The number of likely N-dealkylation sites (tertiary alicyclic amines) is 1. The third-order valence-corrected chi connectivity index (χ3v) is 4.41. The lowest BCUT2D eigenvalue weighted by Crippen LogP contribution is -2.46. The largest absolute Gasteiger partial charge is 0.490 e. The van der Waals surface area contributed by atoms with Gasteiger partial charge in [0, 0.05) is 31.9 Å². The van der Waals surface area contributed by atoms with Crippen molar-refractivity contribution >= 4 is 5.82 Å². The number of methoxy groups -OCH3 is 1. The maximum absolute atomic E-state index is 11.8. The average Bonchev–Trinajstić information content (AvgIpc) is 2.62. The van der Waals surface area contributed by atoms with Gasteiger partial charge < -0.3 is 14.1 Å². The summed E-state index contributed by atoms with van der Waals surface area (Å²) in [4.78, 5) is 24.6. The Labute approximate surface area is 140 Å². The molecule has 7 nitrogen and oxygen atoms in total. The van der Waals surface area contributed by atoms with E-state index in [0.29, 0.717) is 18.3 Å². The van der Waals surface area contributed by atoms with Crippen molar-refractivity contribution in [3.63, 3.8) is 0 Å². The zero-order valence-electron chi connectivity index (χ0n) is 14.0. The summed E-state index contributed by atoms with van der Waals surface area (Å²) in [6, 6.07) is 3.80. The molecule has 128 valence electrons. The Kier molecular flexibility index (Phi) is 5.10. The number of ether oxygens (including phenoxy) is 1. The monoisotopic (exact) mass is 330 g/mol. The zero-order chi connectivity index (χ0) is 16.9. The van der Waals surface area contributed by atoms with Gasteiger partial charge in [-0.3, -0.25) is 9.69 Å². The Bertz CT molecular complexity index is 719. The molecule has 0 radical (unpaired) electrons. The normalized spacial score (nSPS) is 18.3. The third kappa shape index (κ3) is 3.73. The molecule has 1 saturated heterocycles. The smallest absolute Gasteiger partial charge is 0.227 e. The van der Waals surface area contributed by atoms with Gasteiger partial charge in [0.05, 0.1) is 13.7 Å². The van der Waals surface area contributed by atoms with Crippen LogP contribution in [0.15, 0.2) is 40.1 Å². The SMILES string of the molecule is COc1coc(CN2CCCC(N(C)c3ccncn3)C2)cc1=O. The Morgan fingerprint density at radius 3 is 3.08 bits per heavy atom. The van der Waals surface area contributed by atoms with Crippen molar-refractivity contribution in [2.45, 2.75) is 25.4 Å². The molecule has 3 rings (SSSR count). The lowest BCUT2D eigenvalue weighted by atomic mass is 10.0. The summed E-state index contributed by atoms with van der Waals surface area (Å²) < 4.78 is 10.5.